The highest BCUT2D eigenvalue weighted by Crippen LogP contribution is 2.33. The molecule has 0 fully saturated rings. The van der Waals surface area contributed by atoms with Crippen molar-refractivity contribution in [2.24, 2.45) is 0 Å². The van der Waals surface area contributed by atoms with E-state index in [-0.39, 0.29) is 11.7 Å². The van der Waals surface area contributed by atoms with Crippen LogP contribution in [-0.4, -0.2) is 22.6 Å². The summed E-state index contributed by atoms with van der Waals surface area (Å²) in [6.07, 6.45) is 1.86. The van der Waals surface area contributed by atoms with Crippen LogP contribution in [0.1, 0.15) is 33.6 Å². The summed E-state index contributed by atoms with van der Waals surface area (Å²) in [6, 6.07) is 14.0. The summed E-state index contributed by atoms with van der Waals surface area (Å²) in [5, 5.41) is 4.64. The predicted octanol–water partition coefficient (Wildman–Crippen LogP) is 5.24. The Morgan fingerprint density at radius 1 is 1.10 bits per heavy atom. The maximum absolute atomic E-state index is 13.7. The third-order valence-corrected chi connectivity index (χ3v) is 5.59. The second-order valence-corrected chi connectivity index (χ2v) is 7.70. The van der Waals surface area contributed by atoms with Gasteiger partial charge in [-0.15, -0.1) is 0 Å². The number of fused-ring (bicyclic) bond motifs is 2. The largest absolute Gasteiger partial charge is 0.335 e. The normalized spacial score (nSPS) is 13.5. The maximum atomic E-state index is 13.7. The van der Waals surface area contributed by atoms with Crippen LogP contribution in [0.5, 0.6) is 0 Å². The van der Waals surface area contributed by atoms with Gasteiger partial charge >= 0.3 is 0 Å². The summed E-state index contributed by atoms with van der Waals surface area (Å²) >= 11 is 0. The molecule has 3 heterocycles. The number of nitrogens with zero attached hydrogens (tertiary/aromatic N) is 3. The van der Waals surface area contributed by atoms with Gasteiger partial charge in [0.15, 0.2) is 0 Å². The van der Waals surface area contributed by atoms with Crippen molar-refractivity contribution in [3.05, 3.63) is 76.7 Å². The van der Waals surface area contributed by atoms with Gasteiger partial charge < -0.3 is 9.42 Å². The Labute approximate surface area is 173 Å². The Balaban J connectivity index is 1.66. The number of hydrogen-bond donors (Lipinski definition) is 0. The van der Waals surface area contributed by atoms with Crippen LogP contribution in [0.2, 0.25) is 0 Å². The van der Waals surface area contributed by atoms with E-state index in [1.165, 1.54) is 23.3 Å². The molecule has 30 heavy (non-hydrogen) atoms. The van der Waals surface area contributed by atoms with Gasteiger partial charge in [0.2, 0.25) is 0 Å². The molecule has 0 aliphatic carbocycles. The Morgan fingerprint density at radius 2 is 1.90 bits per heavy atom. The Morgan fingerprint density at radius 3 is 2.70 bits per heavy atom. The standard InChI is InChI=1S/C24H20FN3O2/c1-14-5-10-21-17(12-14)4-3-11-28(21)24(29)19-13-20(16-6-8-18(25)9-7-16)26-23-22(19)15(2)27-30-23/h5-10,12-13H,3-4,11H2,1-2H3. The maximum Gasteiger partial charge on any atom is 0.259 e. The van der Waals surface area contributed by atoms with Gasteiger partial charge in [0.25, 0.3) is 11.6 Å². The lowest BCUT2D eigenvalue weighted by molar-refractivity contribution is 0.0986. The average molecular weight is 401 g/mol. The zero-order valence-electron chi connectivity index (χ0n) is 16.8. The molecule has 1 aliphatic heterocycles. The van der Waals surface area contributed by atoms with E-state index in [0.717, 1.165) is 18.5 Å². The van der Waals surface area contributed by atoms with Gasteiger partial charge in [0.1, 0.15) is 5.82 Å². The van der Waals surface area contributed by atoms with Crippen LogP contribution in [0.15, 0.2) is 53.1 Å². The number of aryl methyl sites for hydroxylation is 3. The van der Waals surface area contributed by atoms with Crippen molar-refractivity contribution in [2.75, 3.05) is 11.4 Å². The molecule has 0 spiro atoms. The van der Waals surface area contributed by atoms with Gasteiger partial charge in [0.05, 0.1) is 22.3 Å². The highest BCUT2D eigenvalue weighted by atomic mass is 19.1. The van der Waals surface area contributed by atoms with Crippen LogP contribution >= 0.6 is 0 Å². The molecule has 2 aromatic carbocycles. The number of carbonyl (C=O) groups is 1. The molecule has 0 radical (unpaired) electrons. The van der Waals surface area contributed by atoms with Crippen molar-refractivity contribution < 1.29 is 13.7 Å². The van der Waals surface area contributed by atoms with Gasteiger partial charge in [-0.3, -0.25) is 4.79 Å². The van der Waals surface area contributed by atoms with E-state index >= 15 is 0 Å². The molecule has 0 saturated heterocycles. The monoisotopic (exact) mass is 401 g/mol. The number of hydrogen-bond acceptors (Lipinski definition) is 4. The van der Waals surface area contributed by atoms with Crippen LogP contribution < -0.4 is 4.90 Å². The van der Waals surface area contributed by atoms with Gasteiger partial charge in [-0.25, -0.2) is 9.37 Å². The van der Waals surface area contributed by atoms with Crippen LogP contribution in [0.3, 0.4) is 0 Å². The lowest BCUT2D eigenvalue weighted by Crippen LogP contribution is -2.35. The average Bonchev–Trinajstić information content (AvgIpc) is 3.13. The van der Waals surface area contributed by atoms with E-state index in [4.69, 9.17) is 4.52 Å². The first-order valence-corrected chi connectivity index (χ1v) is 9.95. The number of halogens is 1. The van der Waals surface area contributed by atoms with Gasteiger partial charge in [-0.05, 0) is 68.7 Å². The van der Waals surface area contributed by atoms with E-state index in [0.29, 0.717) is 40.2 Å². The molecule has 2 aromatic heterocycles. The number of aromatic nitrogens is 2. The van der Waals surface area contributed by atoms with Crippen LogP contribution in [0.25, 0.3) is 22.4 Å². The molecular formula is C24H20FN3O2. The minimum atomic E-state index is -0.327. The second-order valence-electron chi connectivity index (χ2n) is 7.70. The number of carbonyl (C=O) groups excluding carboxylic acids is 1. The molecule has 6 heteroatoms. The zero-order valence-corrected chi connectivity index (χ0v) is 16.8. The lowest BCUT2D eigenvalue weighted by Gasteiger charge is -2.30. The topological polar surface area (TPSA) is 59.2 Å². The van der Waals surface area contributed by atoms with E-state index in [1.54, 1.807) is 25.1 Å². The molecule has 1 amide bonds. The molecule has 1 aliphatic rings. The van der Waals surface area contributed by atoms with E-state index in [1.807, 2.05) is 17.0 Å². The number of pyridine rings is 1. The van der Waals surface area contributed by atoms with Crippen molar-refractivity contribution in [1.82, 2.24) is 10.1 Å². The highest BCUT2D eigenvalue weighted by Gasteiger charge is 2.27. The molecule has 0 atom stereocenters. The minimum absolute atomic E-state index is 0.109. The molecular weight excluding hydrogens is 381 g/mol. The summed E-state index contributed by atoms with van der Waals surface area (Å²) in [6.45, 7) is 4.51. The fourth-order valence-corrected chi connectivity index (χ4v) is 4.11. The smallest absolute Gasteiger partial charge is 0.259 e. The van der Waals surface area contributed by atoms with Crippen molar-refractivity contribution in [3.8, 4) is 11.3 Å². The molecule has 150 valence electrons. The molecule has 0 N–H and O–H groups in total. The summed E-state index contributed by atoms with van der Waals surface area (Å²) in [7, 11) is 0. The van der Waals surface area contributed by atoms with Crippen molar-refractivity contribution in [2.45, 2.75) is 26.7 Å². The number of benzene rings is 2. The highest BCUT2D eigenvalue weighted by molar-refractivity contribution is 6.14. The Kier molecular flexibility index (Phi) is 4.35. The van der Waals surface area contributed by atoms with E-state index in [9.17, 15) is 9.18 Å². The van der Waals surface area contributed by atoms with Gasteiger partial charge in [0, 0.05) is 17.8 Å². The molecule has 5 rings (SSSR count). The van der Waals surface area contributed by atoms with Crippen molar-refractivity contribution >= 4 is 22.7 Å². The number of amides is 1. The molecule has 4 aromatic rings. The Bertz CT molecular complexity index is 1280. The van der Waals surface area contributed by atoms with Crippen LogP contribution in [0, 0.1) is 19.7 Å². The summed E-state index contributed by atoms with van der Waals surface area (Å²) < 4.78 is 18.8. The summed E-state index contributed by atoms with van der Waals surface area (Å²) in [4.78, 5) is 20.1. The molecule has 5 nitrogen and oxygen atoms in total. The first kappa shape index (κ1) is 18.5. The Hall–Kier alpha value is -3.54. The molecule has 0 saturated carbocycles. The predicted molar refractivity (Wildman–Crippen MR) is 113 cm³/mol. The fraction of sp³-hybridized carbons (Fsp3) is 0.208. The van der Waals surface area contributed by atoms with Crippen molar-refractivity contribution in [3.63, 3.8) is 0 Å². The first-order chi connectivity index (χ1) is 14.5. The van der Waals surface area contributed by atoms with Gasteiger partial charge in [-0.2, -0.15) is 0 Å². The second kappa shape index (κ2) is 7.06. The molecule has 0 bridgehead atoms. The van der Waals surface area contributed by atoms with E-state index in [2.05, 4.69) is 23.1 Å². The summed E-state index contributed by atoms with van der Waals surface area (Å²) in [5.41, 5.74) is 5.97. The number of rotatable bonds is 2. The summed E-state index contributed by atoms with van der Waals surface area (Å²) in [5.74, 6) is -0.436. The quantitative estimate of drug-likeness (QED) is 0.461. The first-order valence-electron chi connectivity index (χ1n) is 9.95. The van der Waals surface area contributed by atoms with Crippen LogP contribution in [-0.2, 0) is 6.42 Å². The lowest BCUT2D eigenvalue weighted by atomic mass is 9.98. The minimum Gasteiger partial charge on any atom is -0.335 e. The zero-order chi connectivity index (χ0) is 20.8. The van der Waals surface area contributed by atoms with Gasteiger partial charge in [-0.1, -0.05) is 22.9 Å². The molecule has 0 unspecified atom stereocenters. The SMILES string of the molecule is Cc1ccc2c(c1)CCCN2C(=O)c1cc(-c2ccc(F)cc2)nc2onc(C)c12. The fourth-order valence-electron chi connectivity index (χ4n) is 4.11. The van der Waals surface area contributed by atoms with Crippen molar-refractivity contribution in [1.29, 1.82) is 0 Å². The third kappa shape index (κ3) is 3.05. The third-order valence-electron chi connectivity index (χ3n) is 5.59. The number of anilines is 1. The van der Waals surface area contributed by atoms with Crippen LogP contribution in [0.4, 0.5) is 10.1 Å². The van der Waals surface area contributed by atoms with E-state index < -0.39 is 0 Å².